The van der Waals surface area contributed by atoms with Gasteiger partial charge in [-0.2, -0.15) is 0 Å². The lowest BCUT2D eigenvalue weighted by atomic mass is 9.58. The zero-order chi connectivity index (χ0) is 13.2. The molecule has 3 atom stereocenters. The zero-order valence-electron chi connectivity index (χ0n) is 11.3. The molecule has 18 heavy (non-hydrogen) atoms. The average Bonchev–Trinajstić information content (AvgIpc) is 2.78. The van der Waals surface area contributed by atoms with Gasteiger partial charge in [0.05, 0.1) is 0 Å². The second-order valence-corrected chi connectivity index (χ2v) is 7.32. The number of hydrogen-bond donors (Lipinski definition) is 1. The van der Waals surface area contributed by atoms with Crippen molar-refractivity contribution in [2.75, 3.05) is 0 Å². The molecule has 3 unspecified atom stereocenters. The molecule has 0 aliphatic heterocycles. The molecule has 0 radical (unpaired) electrons. The summed E-state index contributed by atoms with van der Waals surface area (Å²) in [6.45, 7) is 6.63. The predicted octanol–water partition coefficient (Wildman–Crippen LogP) is 4.37. The van der Waals surface area contributed by atoms with E-state index < -0.39 is 5.60 Å². The number of halogens is 1. The molecule has 1 nitrogen and oxygen atoms in total. The van der Waals surface area contributed by atoms with E-state index >= 15 is 0 Å². The van der Waals surface area contributed by atoms with Gasteiger partial charge in [-0.3, -0.25) is 0 Å². The van der Waals surface area contributed by atoms with Crippen molar-refractivity contribution in [3.05, 3.63) is 34.9 Å². The molecule has 0 aromatic heterocycles. The van der Waals surface area contributed by atoms with Gasteiger partial charge in [-0.25, -0.2) is 0 Å². The number of aliphatic hydroxyl groups is 1. The van der Waals surface area contributed by atoms with Crippen molar-refractivity contribution in [2.24, 2.45) is 16.7 Å². The van der Waals surface area contributed by atoms with E-state index in [-0.39, 0.29) is 10.8 Å². The lowest BCUT2D eigenvalue weighted by Crippen LogP contribution is -2.51. The van der Waals surface area contributed by atoms with Crippen LogP contribution >= 0.6 is 11.6 Å². The van der Waals surface area contributed by atoms with Gasteiger partial charge in [-0.05, 0) is 31.2 Å². The molecule has 2 saturated carbocycles. The third kappa shape index (κ3) is 1.22. The Morgan fingerprint density at radius 1 is 1.22 bits per heavy atom. The normalized spacial score (nSPS) is 41.3. The average molecular weight is 265 g/mol. The first-order chi connectivity index (χ1) is 8.33. The van der Waals surface area contributed by atoms with Gasteiger partial charge in [0, 0.05) is 21.4 Å². The molecule has 2 bridgehead atoms. The van der Waals surface area contributed by atoms with Crippen molar-refractivity contribution in [3.8, 4) is 0 Å². The lowest BCUT2D eigenvalue weighted by molar-refractivity contribution is -0.150. The minimum absolute atomic E-state index is 0.0356. The maximum atomic E-state index is 11.5. The largest absolute Gasteiger partial charge is 0.384 e. The van der Waals surface area contributed by atoms with E-state index in [4.69, 9.17) is 11.6 Å². The maximum Gasteiger partial charge on any atom is 0.102 e. The summed E-state index contributed by atoms with van der Waals surface area (Å²) in [6, 6.07) is 7.79. The number of fused-ring (bicyclic) bond motifs is 2. The molecule has 1 aromatic carbocycles. The minimum Gasteiger partial charge on any atom is -0.384 e. The van der Waals surface area contributed by atoms with Crippen LogP contribution in [0.1, 0.15) is 45.6 Å². The molecule has 2 aliphatic rings. The summed E-state index contributed by atoms with van der Waals surface area (Å²) in [7, 11) is 0. The Labute approximate surface area is 114 Å². The predicted molar refractivity (Wildman–Crippen MR) is 74.6 cm³/mol. The van der Waals surface area contributed by atoms with E-state index in [1.54, 1.807) is 0 Å². The summed E-state index contributed by atoms with van der Waals surface area (Å²) < 4.78 is 0. The summed E-state index contributed by atoms with van der Waals surface area (Å²) in [6.07, 6.45) is 3.45. The highest BCUT2D eigenvalue weighted by Gasteiger charge is 2.69. The molecule has 3 rings (SSSR count). The van der Waals surface area contributed by atoms with Crippen molar-refractivity contribution in [1.29, 1.82) is 0 Å². The first-order valence-corrected chi connectivity index (χ1v) is 7.18. The highest BCUT2D eigenvalue weighted by molar-refractivity contribution is 6.31. The van der Waals surface area contributed by atoms with Crippen molar-refractivity contribution in [1.82, 2.24) is 0 Å². The Morgan fingerprint density at radius 3 is 2.44 bits per heavy atom. The van der Waals surface area contributed by atoms with Gasteiger partial charge >= 0.3 is 0 Å². The third-order valence-electron chi connectivity index (χ3n) is 5.83. The number of benzene rings is 1. The molecule has 1 aromatic rings. The van der Waals surface area contributed by atoms with Crippen LogP contribution in [0.25, 0.3) is 0 Å². The van der Waals surface area contributed by atoms with Gasteiger partial charge in [-0.1, -0.05) is 50.6 Å². The second kappa shape index (κ2) is 3.52. The van der Waals surface area contributed by atoms with E-state index in [0.29, 0.717) is 10.9 Å². The van der Waals surface area contributed by atoms with Crippen molar-refractivity contribution in [3.63, 3.8) is 0 Å². The SMILES string of the molecule is CC12CCC(C1)C(C)(C)C2(O)c1ccccc1Cl. The van der Waals surface area contributed by atoms with E-state index in [9.17, 15) is 5.11 Å². The van der Waals surface area contributed by atoms with Gasteiger partial charge in [0.25, 0.3) is 0 Å². The van der Waals surface area contributed by atoms with Crippen LogP contribution in [0.4, 0.5) is 0 Å². The summed E-state index contributed by atoms with van der Waals surface area (Å²) in [5, 5.41) is 12.2. The molecule has 2 heteroatoms. The van der Waals surface area contributed by atoms with Gasteiger partial charge in [0.2, 0.25) is 0 Å². The Balaban J connectivity index is 2.23. The highest BCUT2D eigenvalue weighted by Crippen LogP contribution is 2.72. The molecule has 0 spiro atoms. The summed E-state index contributed by atoms with van der Waals surface area (Å²) >= 11 is 6.36. The fourth-order valence-corrected chi connectivity index (χ4v) is 4.96. The first kappa shape index (κ1) is 12.5. The Hall–Kier alpha value is -0.530. The lowest BCUT2D eigenvalue weighted by Gasteiger charge is -2.51. The first-order valence-electron chi connectivity index (χ1n) is 6.80. The van der Waals surface area contributed by atoms with E-state index in [1.807, 2.05) is 24.3 Å². The molecule has 98 valence electrons. The Morgan fingerprint density at radius 2 is 1.89 bits per heavy atom. The number of rotatable bonds is 1. The standard InChI is InChI=1S/C16H21ClO/c1-14(2)11-8-9-15(3,10-11)16(14,18)12-6-4-5-7-13(12)17/h4-7,11,18H,8-10H2,1-3H3. The van der Waals surface area contributed by atoms with Crippen LogP contribution in [0.2, 0.25) is 5.02 Å². The fourth-order valence-electron chi connectivity index (χ4n) is 4.69. The van der Waals surface area contributed by atoms with Gasteiger partial charge < -0.3 is 5.11 Å². The van der Waals surface area contributed by atoms with Crippen LogP contribution < -0.4 is 0 Å². The van der Waals surface area contributed by atoms with Crippen LogP contribution in [-0.2, 0) is 5.60 Å². The van der Waals surface area contributed by atoms with Crippen molar-refractivity contribution >= 4 is 11.6 Å². The molecule has 2 fully saturated rings. The van der Waals surface area contributed by atoms with E-state index in [2.05, 4.69) is 20.8 Å². The molecule has 2 aliphatic carbocycles. The smallest absolute Gasteiger partial charge is 0.102 e. The van der Waals surface area contributed by atoms with Crippen LogP contribution in [-0.4, -0.2) is 5.11 Å². The quantitative estimate of drug-likeness (QED) is 0.798. The molecule has 0 heterocycles. The Kier molecular flexibility index (Phi) is 2.44. The summed E-state index contributed by atoms with van der Waals surface area (Å²) in [5.74, 6) is 0.601. The summed E-state index contributed by atoms with van der Waals surface area (Å²) in [4.78, 5) is 0. The highest BCUT2D eigenvalue weighted by atomic mass is 35.5. The third-order valence-corrected chi connectivity index (χ3v) is 6.16. The molecule has 0 saturated heterocycles. The monoisotopic (exact) mass is 264 g/mol. The second-order valence-electron chi connectivity index (χ2n) is 6.91. The topological polar surface area (TPSA) is 20.2 Å². The number of hydrogen-bond acceptors (Lipinski definition) is 1. The fraction of sp³-hybridized carbons (Fsp3) is 0.625. The van der Waals surface area contributed by atoms with Crippen LogP contribution in [0.15, 0.2) is 24.3 Å². The van der Waals surface area contributed by atoms with Gasteiger partial charge in [-0.15, -0.1) is 0 Å². The minimum atomic E-state index is -0.804. The maximum absolute atomic E-state index is 11.5. The molecular weight excluding hydrogens is 244 g/mol. The molecule has 0 amide bonds. The van der Waals surface area contributed by atoms with Crippen LogP contribution in [0, 0.1) is 16.7 Å². The van der Waals surface area contributed by atoms with Crippen LogP contribution in [0.5, 0.6) is 0 Å². The Bertz CT molecular complexity index is 489. The zero-order valence-corrected chi connectivity index (χ0v) is 12.1. The molecule has 1 N–H and O–H groups in total. The van der Waals surface area contributed by atoms with E-state index in [0.717, 1.165) is 18.4 Å². The van der Waals surface area contributed by atoms with Gasteiger partial charge in [0.1, 0.15) is 5.60 Å². The molecular formula is C16H21ClO. The van der Waals surface area contributed by atoms with Crippen molar-refractivity contribution < 1.29 is 5.11 Å². The summed E-state index contributed by atoms with van der Waals surface area (Å²) in [5.41, 5.74) is -0.0281. The van der Waals surface area contributed by atoms with Crippen molar-refractivity contribution in [2.45, 2.75) is 45.6 Å². The van der Waals surface area contributed by atoms with Gasteiger partial charge in [0.15, 0.2) is 0 Å². The van der Waals surface area contributed by atoms with Crippen LogP contribution in [0.3, 0.4) is 0 Å². The van der Waals surface area contributed by atoms with E-state index in [1.165, 1.54) is 6.42 Å².